The lowest BCUT2D eigenvalue weighted by Crippen LogP contribution is -2.17. The number of benzene rings is 1. The van der Waals surface area contributed by atoms with E-state index in [1.165, 1.54) is 0 Å². The summed E-state index contributed by atoms with van der Waals surface area (Å²) in [5.74, 6) is 1.22. The van der Waals surface area contributed by atoms with Crippen molar-refractivity contribution in [1.82, 2.24) is 5.32 Å². The molecule has 94 valence electrons. The predicted octanol–water partition coefficient (Wildman–Crippen LogP) is 2.88. The van der Waals surface area contributed by atoms with Crippen molar-refractivity contribution >= 4 is 0 Å². The summed E-state index contributed by atoms with van der Waals surface area (Å²) in [5, 5.41) is 3.30. The van der Waals surface area contributed by atoms with Crippen molar-refractivity contribution in [3.05, 3.63) is 29.8 Å². The minimum Gasteiger partial charge on any atom is -0.493 e. The van der Waals surface area contributed by atoms with Gasteiger partial charge in [-0.1, -0.05) is 18.2 Å². The third-order valence-corrected chi connectivity index (χ3v) is 3.16. The molecule has 1 aromatic carbocycles. The number of hydrogen-bond acceptors (Lipinski definition) is 2. The number of alkyl halides is 1. The first-order valence-electron chi connectivity index (χ1n) is 6.19. The summed E-state index contributed by atoms with van der Waals surface area (Å²) in [6.07, 6.45) is 1.14. The Bertz CT molecular complexity index is 367. The highest BCUT2D eigenvalue weighted by Crippen LogP contribution is 2.32. The molecule has 1 fully saturated rings. The van der Waals surface area contributed by atoms with Gasteiger partial charge >= 0.3 is 0 Å². The first kappa shape index (κ1) is 12.4. The second-order valence-electron chi connectivity index (χ2n) is 5.14. The van der Waals surface area contributed by atoms with Crippen molar-refractivity contribution in [1.29, 1.82) is 0 Å². The van der Waals surface area contributed by atoms with E-state index in [1.807, 2.05) is 18.2 Å². The third-order valence-electron chi connectivity index (χ3n) is 3.16. The molecule has 0 spiro atoms. The molecule has 1 heterocycles. The Hall–Kier alpha value is -1.09. The van der Waals surface area contributed by atoms with Crippen LogP contribution < -0.4 is 10.1 Å². The molecule has 0 aliphatic carbocycles. The molecule has 1 saturated heterocycles. The summed E-state index contributed by atoms with van der Waals surface area (Å²) in [4.78, 5) is 0. The van der Waals surface area contributed by atoms with Gasteiger partial charge in [0, 0.05) is 18.0 Å². The number of rotatable bonds is 4. The van der Waals surface area contributed by atoms with Crippen LogP contribution in [0.1, 0.15) is 25.8 Å². The van der Waals surface area contributed by atoms with Gasteiger partial charge in [0.05, 0.1) is 6.61 Å². The average molecular weight is 237 g/mol. The maximum Gasteiger partial charge on any atom is 0.134 e. The van der Waals surface area contributed by atoms with E-state index < -0.39 is 5.67 Å². The third kappa shape index (κ3) is 3.19. The fourth-order valence-electron chi connectivity index (χ4n) is 2.15. The molecule has 0 radical (unpaired) electrons. The lowest BCUT2D eigenvalue weighted by molar-refractivity contribution is 0.200. The van der Waals surface area contributed by atoms with Crippen LogP contribution in [-0.4, -0.2) is 19.7 Å². The van der Waals surface area contributed by atoms with Gasteiger partial charge in [0.15, 0.2) is 0 Å². The molecule has 1 unspecified atom stereocenters. The zero-order chi connectivity index (χ0) is 12.3. The van der Waals surface area contributed by atoms with E-state index in [1.54, 1.807) is 19.9 Å². The zero-order valence-corrected chi connectivity index (χ0v) is 10.5. The fraction of sp³-hybridized carbons (Fsp3) is 0.571. The van der Waals surface area contributed by atoms with Crippen molar-refractivity contribution in [2.24, 2.45) is 5.92 Å². The highest BCUT2D eigenvalue weighted by atomic mass is 19.1. The minimum atomic E-state index is -1.36. The summed E-state index contributed by atoms with van der Waals surface area (Å²) >= 11 is 0. The van der Waals surface area contributed by atoms with Gasteiger partial charge in [0.1, 0.15) is 11.4 Å². The van der Waals surface area contributed by atoms with Crippen LogP contribution in [0.25, 0.3) is 0 Å². The SMILES string of the molecule is CC(C)(F)c1ccccc1OCC1CCNC1. The van der Waals surface area contributed by atoms with Crippen molar-refractivity contribution in [2.75, 3.05) is 19.7 Å². The maximum atomic E-state index is 14.0. The number of ether oxygens (including phenoxy) is 1. The summed E-state index contributed by atoms with van der Waals surface area (Å²) in [6.45, 7) is 5.85. The van der Waals surface area contributed by atoms with E-state index in [0.29, 0.717) is 23.8 Å². The number of para-hydroxylation sites is 1. The molecule has 0 amide bonds. The topological polar surface area (TPSA) is 21.3 Å². The molecule has 2 nitrogen and oxygen atoms in total. The molecule has 1 atom stereocenters. The molecular formula is C14H20FNO. The Kier molecular flexibility index (Phi) is 3.67. The molecule has 1 N–H and O–H groups in total. The van der Waals surface area contributed by atoms with E-state index in [0.717, 1.165) is 19.5 Å². The molecule has 1 aliphatic rings. The molecule has 2 rings (SSSR count). The number of halogens is 1. The quantitative estimate of drug-likeness (QED) is 0.869. The van der Waals surface area contributed by atoms with E-state index >= 15 is 0 Å². The second kappa shape index (κ2) is 5.05. The predicted molar refractivity (Wildman–Crippen MR) is 67.0 cm³/mol. The van der Waals surface area contributed by atoms with Gasteiger partial charge < -0.3 is 10.1 Å². The summed E-state index contributed by atoms with van der Waals surface area (Å²) < 4.78 is 19.8. The summed E-state index contributed by atoms with van der Waals surface area (Å²) in [5.41, 5.74) is -0.726. The minimum absolute atomic E-state index is 0.547. The lowest BCUT2D eigenvalue weighted by atomic mass is 9.99. The van der Waals surface area contributed by atoms with Gasteiger partial charge in [0.25, 0.3) is 0 Å². The lowest BCUT2D eigenvalue weighted by Gasteiger charge is -2.20. The second-order valence-corrected chi connectivity index (χ2v) is 5.14. The number of nitrogens with one attached hydrogen (secondary N) is 1. The standard InChI is InChI=1S/C14H20FNO/c1-14(2,15)12-5-3-4-6-13(12)17-10-11-7-8-16-9-11/h3-6,11,16H,7-10H2,1-2H3. The van der Waals surface area contributed by atoms with Gasteiger partial charge in [-0.15, -0.1) is 0 Å². The van der Waals surface area contributed by atoms with Crippen LogP contribution in [0.15, 0.2) is 24.3 Å². The van der Waals surface area contributed by atoms with Crippen LogP contribution in [0.4, 0.5) is 4.39 Å². The smallest absolute Gasteiger partial charge is 0.134 e. The molecule has 0 aromatic heterocycles. The Morgan fingerprint density at radius 1 is 1.41 bits per heavy atom. The van der Waals surface area contributed by atoms with Crippen LogP contribution in [0.5, 0.6) is 5.75 Å². The molecule has 17 heavy (non-hydrogen) atoms. The number of hydrogen-bond donors (Lipinski definition) is 1. The largest absolute Gasteiger partial charge is 0.493 e. The first-order valence-corrected chi connectivity index (χ1v) is 6.19. The molecular weight excluding hydrogens is 217 g/mol. The van der Waals surface area contributed by atoms with Crippen molar-refractivity contribution < 1.29 is 9.13 Å². The first-order chi connectivity index (χ1) is 8.07. The maximum absolute atomic E-state index is 14.0. The van der Waals surface area contributed by atoms with Crippen LogP contribution in [0.2, 0.25) is 0 Å². The van der Waals surface area contributed by atoms with Gasteiger partial charge in [0.2, 0.25) is 0 Å². The average Bonchev–Trinajstić information content (AvgIpc) is 2.78. The van der Waals surface area contributed by atoms with E-state index in [2.05, 4.69) is 5.32 Å². The van der Waals surface area contributed by atoms with Crippen LogP contribution in [0.3, 0.4) is 0 Å². The summed E-state index contributed by atoms with van der Waals surface area (Å²) in [7, 11) is 0. The molecule has 0 saturated carbocycles. The van der Waals surface area contributed by atoms with E-state index in [4.69, 9.17) is 4.74 Å². The Morgan fingerprint density at radius 3 is 2.82 bits per heavy atom. The monoisotopic (exact) mass is 237 g/mol. The molecule has 3 heteroatoms. The summed E-state index contributed by atoms with van der Waals surface area (Å²) in [6, 6.07) is 7.37. The van der Waals surface area contributed by atoms with E-state index in [-0.39, 0.29) is 0 Å². The van der Waals surface area contributed by atoms with Gasteiger partial charge in [-0.05, 0) is 32.9 Å². The Balaban J connectivity index is 2.04. The van der Waals surface area contributed by atoms with Gasteiger partial charge in [-0.2, -0.15) is 0 Å². The van der Waals surface area contributed by atoms with Crippen molar-refractivity contribution in [3.63, 3.8) is 0 Å². The van der Waals surface area contributed by atoms with Crippen molar-refractivity contribution in [3.8, 4) is 5.75 Å². The molecule has 0 bridgehead atoms. The van der Waals surface area contributed by atoms with Gasteiger partial charge in [-0.25, -0.2) is 4.39 Å². The van der Waals surface area contributed by atoms with Gasteiger partial charge in [-0.3, -0.25) is 0 Å². The normalized spacial score (nSPS) is 20.5. The molecule has 1 aromatic rings. The highest BCUT2D eigenvalue weighted by Gasteiger charge is 2.24. The van der Waals surface area contributed by atoms with Crippen LogP contribution >= 0.6 is 0 Å². The Labute approximate surface area is 102 Å². The highest BCUT2D eigenvalue weighted by molar-refractivity contribution is 5.37. The van der Waals surface area contributed by atoms with Crippen LogP contribution in [-0.2, 0) is 5.67 Å². The Morgan fingerprint density at radius 2 is 2.18 bits per heavy atom. The van der Waals surface area contributed by atoms with Crippen molar-refractivity contribution in [2.45, 2.75) is 25.9 Å². The van der Waals surface area contributed by atoms with Crippen LogP contribution in [0, 0.1) is 5.92 Å². The zero-order valence-electron chi connectivity index (χ0n) is 10.5. The fourth-order valence-corrected chi connectivity index (χ4v) is 2.15. The molecule has 1 aliphatic heterocycles. The van der Waals surface area contributed by atoms with E-state index in [9.17, 15) is 4.39 Å².